The summed E-state index contributed by atoms with van der Waals surface area (Å²) in [5, 5.41) is 75.6. The van der Waals surface area contributed by atoms with Gasteiger partial charge < -0.3 is 106 Å². The maximum Gasteiger partial charge on any atom is 0.326 e. The molecule has 3 aromatic carbocycles. The number of rotatable bonds is 37. The van der Waals surface area contributed by atoms with Crippen molar-refractivity contribution in [2.24, 2.45) is 34.0 Å². The number of fused-ring (bicyclic) bond motifs is 1. The molecular formula is C65H92N16O17. The number of H-pyrrole nitrogens is 1. The minimum atomic E-state index is -1.73. The van der Waals surface area contributed by atoms with Crippen molar-refractivity contribution < 1.29 is 83.1 Å². The SMILES string of the molecule is CC(C)C[C@H](NC(=O)[C@H](Cc1c[nH]c2ccccc12)NC(=O)[C@@H](N)CO)C(=O)N[C@@H](C)C(=O)N[C@@H](Cc1ccc(O)cc1)C(=O)N1CCC[C@H]1C(=O)NCC(=O)N[C@@H](C)C(=O)N[C@H](C(=O)N[C@@H](CO)C(=O)N[C@@H](Cc1ccc(O)cc1)C(=O)N[C@@H](CCCN=C(N)N)C(=O)O)C(C)C. The van der Waals surface area contributed by atoms with E-state index in [-0.39, 0.29) is 81.4 Å². The molecule has 33 heteroatoms. The Labute approximate surface area is 565 Å². The summed E-state index contributed by atoms with van der Waals surface area (Å²) in [7, 11) is 0. The number of hydrogen-bond donors (Lipinski definition) is 19. The predicted molar refractivity (Wildman–Crippen MR) is 356 cm³/mol. The molecule has 0 saturated carbocycles. The highest BCUT2D eigenvalue weighted by Gasteiger charge is 2.40. The van der Waals surface area contributed by atoms with E-state index in [9.17, 15) is 83.1 Å². The molecule has 0 bridgehead atoms. The molecule has 98 heavy (non-hydrogen) atoms. The number of hydrogen-bond acceptors (Lipinski definition) is 18. The van der Waals surface area contributed by atoms with Crippen molar-refractivity contribution in [3.8, 4) is 11.5 Å². The number of nitrogens with one attached hydrogen (secondary N) is 11. The van der Waals surface area contributed by atoms with Gasteiger partial charge in [-0.05, 0) is 105 Å². The fraction of sp³-hybridized carbons (Fsp3) is 0.492. The quantitative estimate of drug-likeness (QED) is 0.0117. The Balaban J connectivity index is 1.20. The first-order valence-electron chi connectivity index (χ1n) is 32.1. The zero-order chi connectivity index (χ0) is 72.5. The minimum Gasteiger partial charge on any atom is -0.508 e. The van der Waals surface area contributed by atoms with Crippen LogP contribution in [0.15, 0.2) is 84.0 Å². The summed E-state index contributed by atoms with van der Waals surface area (Å²) in [6.45, 7) is 7.04. The van der Waals surface area contributed by atoms with E-state index in [1.165, 1.54) is 67.3 Å². The molecule has 1 aliphatic heterocycles. The number of nitrogens with two attached hydrogens (primary N) is 3. The number of aromatic amines is 1. The Hall–Kier alpha value is -10.4. The second-order valence-electron chi connectivity index (χ2n) is 24.7. The first kappa shape index (κ1) is 78.3. The van der Waals surface area contributed by atoms with E-state index in [0.29, 0.717) is 23.1 Å². The summed E-state index contributed by atoms with van der Waals surface area (Å²) >= 11 is 0. The van der Waals surface area contributed by atoms with Gasteiger partial charge in [0.2, 0.25) is 65.0 Å². The lowest BCUT2D eigenvalue weighted by Crippen LogP contribution is -2.60. The number of phenols is 2. The molecule has 2 heterocycles. The number of carboxylic acids is 1. The normalized spacial score (nSPS) is 15.8. The molecule has 0 radical (unpaired) electrons. The lowest BCUT2D eigenvalue weighted by Gasteiger charge is -2.30. The van der Waals surface area contributed by atoms with Crippen LogP contribution in [0.1, 0.15) is 90.3 Å². The fourth-order valence-corrected chi connectivity index (χ4v) is 10.6. The first-order chi connectivity index (χ1) is 46.4. The number of likely N-dealkylation sites (tertiary alicyclic amines) is 1. The largest absolute Gasteiger partial charge is 0.508 e. The summed E-state index contributed by atoms with van der Waals surface area (Å²) in [5.74, 6) is -12.1. The highest BCUT2D eigenvalue weighted by molar-refractivity contribution is 5.99. The van der Waals surface area contributed by atoms with E-state index in [1.54, 1.807) is 40.0 Å². The summed E-state index contributed by atoms with van der Waals surface area (Å²) in [6.07, 6.45) is 1.84. The summed E-state index contributed by atoms with van der Waals surface area (Å²) in [5.41, 5.74) is 18.8. The molecule has 1 fully saturated rings. The molecule has 1 aromatic heterocycles. The van der Waals surface area contributed by atoms with Crippen molar-refractivity contribution >= 4 is 87.8 Å². The number of carboxylic acid groups (broad SMARTS) is 1. The number of para-hydroxylation sites is 1. The third kappa shape index (κ3) is 24.0. The first-order valence-corrected chi connectivity index (χ1v) is 32.1. The van der Waals surface area contributed by atoms with Crippen LogP contribution in [-0.2, 0) is 76.8 Å². The van der Waals surface area contributed by atoms with Crippen molar-refractivity contribution in [1.82, 2.24) is 63.1 Å². The van der Waals surface area contributed by atoms with Gasteiger partial charge in [0.15, 0.2) is 5.96 Å². The van der Waals surface area contributed by atoms with Gasteiger partial charge in [0.05, 0.1) is 19.8 Å². The van der Waals surface area contributed by atoms with Gasteiger partial charge in [0.25, 0.3) is 0 Å². The van der Waals surface area contributed by atoms with Gasteiger partial charge in [-0.3, -0.25) is 57.7 Å². The molecule has 0 unspecified atom stereocenters. The second-order valence-corrected chi connectivity index (χ2v) is 24.7. The van der Waals surface area contributed by atoms with Gasteiger partial charge in [-0.1, -0.05) is 70.2 Å². The van der Waals surface area contributed by atoms with Crippen LogP contribution in [0.4, 0.5) is 0 Å². The van der Waals surface area contributed by atoms with Crippen molar-refractivity contribution in [2.75, 3.05) is 32.8 Å². The lowest BCUT2D eigenvalue weighted by molar-refractivity contribution is -0.142. The number of aromatic nitrogens is 1. The standard InChI is InChI=1S/C65H92N16O17/c1-33(2)25-46(76-59(92)48(75-56(89)43(66)31-82)28-39-29-70-44-12-8-7-11-42(39)44)57(90)73-36(6)54(87)78-49(27-38-17-21-41(85)22-18-38)63(96)81-24-10-14-51(81)61(94)71-30-52(86)72-35(5)55(88)80-53(34(3)4)62(95)79-50(32-83)60(93)77-47(26-37-15-19-40(84)20-16-37)58(91)74-45(64(97)98)13-9-23-69-65(67)68/h7-8,11-12,15-22,29,33-36,43,45-51,53,70,82-85H,9-10,13-14,23-28,30-32,66H2,1-6H3,(H,71,94)(H,72,86)(H,73,90)(H,74,91)(H,75,89)(H,76,92)(H,77,93)(H,78,87)(H,79,95)(H,80,88)(H,97,98)(H4,67,68,69)/t35-,36-,43-,45-,46-,47-,48-,49-,50-,51-,53-/m0/s1. The van der Waals surface area contributed by atoms with Crippen LogP contribution in [0.3, 0.4) is 0 Å². The van der Waals surface area contributed by atoms with Gasteiger partial charge in [-0.15, -0.1) is 0 Å². The molecule has 5 rings (SSSR count). The fourth-order valence-electron chi connectivity index (χ4n) is 10.6. The zero-order valence-electron chi connectivity index (χ0n) is 55.5. The number of amides is 11. The highest BCUT2D eigenvalue weighted by atomic mass is 16.4. The number of nitrogens with zero attached hydrogens (tertiary/aromatic N) is 2. The number of aliphatic hydroxyl groups excluding tert-OH is 2. The van der Waals surface area contributed by atoms with Crippen LogP contribution in [-0.4, -0.2) is 212 Å². The molecule has 11 atom stereocenters. The number of aromatic hydroxyl groups is 2. The van der Waals surface area contributed by atoms with Crippen LogP contribution in [0, 0.1) is 11.8 Å². The Morgan fingerprint density at radius 1 is 0.592 bits per heavy atom. The molecule has 1 saturated heterocycles. The van der Waals surface area contributed by atoms with Gasteiger partial charge in [-0.2, -0.15) is 0 Å². The molecule has 0 aliphatic carbocycles. The van der Waals surface area contributed by atoms with Crippen LogP contribution >= 0.6 is 0 Å². The maximum atomic E-state index is 14.6. The molecule has 11 amide bonds. The molecule has 1 aliphatic rings. The van der Waals surface area contributed by atoms with E-state index in [2.05, 4.69) is 63.1 Å². The number of guanidine groups is 1. The summed E-state index contributed by atoms with van der Waals surface area (Å²) < 4.78 is 0. The Bertz CT molecular complexity index is 3470. The minimum absolute atomic E-state index is 0.0386. The maximum absolute atomic E-state index is 14.6. The molecule has 0 spiro atoms. The number of aliphatic imine (C=N–C) groups is 1. The Kier molecular flexibility index (Phi) is 30.2. The highest BCUT2D eigenvalue weighted by Crippen LogP contribution is 2.23. The molecule has 4 aromatic rings. The number of carbonyl (C=O) groups is 12. The van der Waals surface area contributed by atoms with Crippen molar-refractivity contribution in [1.29, 1.82) is 0 Å². The third-order valence-electron chi connectivity index (χ3n) is 16.0. The Morgan fingerprint density at radius 3 is 1.69 bits per heavy atom. The van der Waals surface area contributed by atoms with E-state index >= 15 is 0 Å². The van der Waals surface area contributed by atoms with E-state index < -0.39 is 163 Å². The van der Waals surface area contributed by atoms with Gasteiger partial charge in [0.1, 0.15) is 78.0 Å². The van der Waals surface area contributed by atoms with E-state index in [1.807, 2.05) is 18.2 Å². The van der Waals surface area contributed by atoms with Crippen LogP contribution in [0.25, 0.3) is 10.9 Å². The summed E-state index contributed by atoms with van der Waals surface area (Å²) in [6, 6.07) is 3.46. The second kappa shape index (κ2) is 37.8. The molecule has 33 nitrogen and oxygen atoms in total. The average molecular weight is 1370 g/mol. The van der Waals surface area contributed by atoms with Crippen molar-refractivity contribution in [2.45, 2.75) is 159 Å². The smallest absolute Gasteiger partial charge is 0.326 e. The van der Waals surface area contributed by atoms with Crippen LogP contribution < -0.4 is 70.4 Å². The molecule has 22 N–H and O–H groups in total. The number of phenolic OH excluding ortho intramolecular Hbond substituents is 2. The van der Waals surface area contributed by atoms with E-state index in [4.69, 9.17) is 17.2 Å². The number of carbonyl (C=O) groups excluding carboxylic acids is 11. The molecular weight excluding hydrogens is 1280 g/mol. The Morgan fingerprint density at radius 2 is 1.11 bits per heavy atom. The monoisotopic (exact) mass is 1370 g/mol. The van der Waals surface area contributed by atoms with Crippen LogP contribution in [0.2, 0.25) is 0 Å². The van der Waals surface area contributed by atoms with Crippen molar-refractivity contribution in [3.05, 3.63) is 95.7 Å². The van der Waals surface area contributed by atoms with Gasteiger partial charge in [-0.25, -0.2) is 4.79 Å². The zero-order valence-corrected chi connectivity index (χ0v) is 55.5. The molecule has 534 valence electrons. The van der Waals surface area contributed by atoms with Gasteiger partial charge >= 0.3 is 5.97 Å². The topological polar surface area (TPSA) is 536 Å². The lowest BCUT2D eigenvalue weighted by atomic mass is 10.00. The predicted octanol–water partition coefficient (Wildman–Crippen LogP) is -3.73. The number of aliphatic carboxylic acids is 1. The van der Waals surface area contributed by atoms with Crippen molar-refractivity contribution in [3.63, 3.8) is 0 Å². The average Bonchev–Trinajstić information content (AvgIpc) is 1.60. The van der Waals surface area contributed by atoms with Gasteiger partial charge in [0, 0.05) is 49.5 Å². The number of benzene rings is 3. The van der Waals surface area contributed by atoms with Crippen LogP contribution in [0.5, 0.6) is 11.5 Å². The third-order valence-corrected chi connectivity index (χ3v) is 16.0. The summed E-state index contributed by atoms with van der Waals surface area (Å²) in [4.78, 5) is 172. The number of aliphatic hydroxyl groups is 2. The van der Waals surface area contributed by atoms with E-state index in [0.717, 1.165) is 10.9 Å².